The van der Waals surface area contributed by atoms with Crippen LogP contribution in [-0.2, 0) is 0 Å². The molecular formula is C15H32N4. The van der Waals surface area contributed by atoms with Crippen molar-refractivity contribution in [2.45, 2.75) is 52.5 Å². The predicted octanol–water partition coefficient (Wildman–Crippen LogP) is 2.07. The molecule has 0 saturated heterocycles. The quantitative estimate of drug-likeness (QED) is 0.497. The van der Waals surface area contributed by atoms with Crippen LogP contribution in [0.4, 0.5) is 0 Å². The van der Waals surface area contributed by atoms with Gasteiger partial charge in [0.2, 0.25) is 0 Å². The Hall–Kier alpha value is -0.770. The van der Waals surface area contributed by atoms with Crippen LogP contribution in [0.3, 0.4) is 0 Å². The minimum Gasteiger partial charge on any atom is -0.356 e. The zero-order valence-corrected chi connectivity index (χ0v) is 13.2. The third kappa shape index (κ3) is 7.41. The lowest BCUT2D eigenvalue weighted by molar-refractivity contribution is 0.292. The Bertz CT molecular complexity index is 257. The molecule has 4 nitrogen and oxygen atoms in total. The molecule has 1 atom stereocenters. The second-order valence-corrected chi connectivity index (χ2v) is 5.61. The summed E-state index contributed by atoms with van der Waals surface area (Å²) in [5.41, 5.74) is 0. The first-order chi connectivity index (χ1) is 9.19. The summed E-state index contributed by atoms with van der Waals surface area (Å²) in [6.07, 6.45) is 5.20. The van der Waals surface area contributed by atoms with Crippen LogP contribution in [0.1, 0.15) is 46.5 Å². The molecule has 0 amide bonds. The van der Waals surface area contributed by atoms with E-state index in [9.17, 15) is 0 Å². The molecule has 0 aromatic heterocycles. The first-order valence-electron chi connectivity index (χ1n) is 7.89. The van der Waals surface area contributed by atoms with Gasteiger partial charge in [-0.2, -0.15) is 0 Å². The molecule has 1 aliphatic rings. The Morgan fingerprint density at radius 3 is 2.53 bits per heavy atom. The minimum atomic E-state index is 0.487. The van der Waals surface area contributed by atoms with Crippen LogP contribution in [-0.4, -0.2) is 50.1 Å². The summed E-state index contributed by atoms with van der Waals surface area (Å²) in [6.45, 7) is 11.3. The zero-order valence-electron chi connectivity index (χ0n) is 13.2. The standard InChI is InChI=1S/C15H32N4/c1-5-19(6-2)11-7-8-13(3)18-15(16-4)17-12-14-9-10-14/h13-14H,5-12H2,1-4H3,(H2,16,17,18). The fourth-order valence-corrected chi connectivity index (χ4v) is 2.22. The highest BCUT2D eigenvalue weighted by Gasteiger charge is 2.21. The first-order valence-corrected chi connectivity index (χ1v) is 7.89. The summed E-state index contributed by atoms with van der Waals surface area (Å²) in [5.74, 6) is 1.85. The summed E-state index contributed by atoms with van der Waals surface area (Å²) in [6, 6.07) is 0.487. The Morgan fingerprint density at radius 2 is 2.00 bits per heavy atom. The van der Waals surface area contributed by atoms with Gasteiger partial charge in [-0.25, -0.2) is 0 Å². The van der Waals surface area contributed by atoms with Crippen molar-refractivity contribution in [2.75, 3.05) is 33.2 Å². The van der Waals surface area contributed by atoms with Crippen molar-refractivity contribution in [2.24, 2.45) is 10.9 Å². The van der Waals surface area contributed by atoms with Gasteiger partial charge in [0.05, 0.1) is 0 Å². The Kier molecular flexibility index (Phi) is 7.87. The van der Waals surface area contributed by atoms with E-state index in [1.54, 1.807) is 0 Å². The largest absolute Gasteiger partial charge is 0.356 e. The van der Waals surface area contributed by atoms with Crippen LogP contribution >= 0.6 is 0 Å². The van der Waals surface area contributed by atoms with Gasteiger partial charge in [0.15, 0.2) is 5.96 Å². The number of rotatable bonds is 9. The fourth-order valence-electron chi connectivity index (χ4n) is 2.22. The van der Waals surface area contributed by atoms with Crippen LogP contribution in [0.5, 0.6) is 0 Å². The molecule has 112 valence electrons. The first kappa shape index (κ1) is 16.3. The van der Waals surface area contributed by atoms with Crippen LogP contribution < -0.4 is 10.6 Å². The highest BCUT2D eigenvalue weighted by atomic mass is 15.2. The lowest BCUT2D eigenvalue weighted by Crippen LogP contribution is -2.43. The summed E-state index contributed by atoms with van der Waals surface area (Å²) < 4.78 is 0. The average molecular weight is 268 g/mol. The van der Waals surface area contributed by atoms with E-state index in [-0.39, 0.29) is 0 Å². The lowest BCUT2D eigenvalue weighted by atomic mass is 10.2. The molecule has 1 saturated carbocycles. The molecule has 4 heteroatoms. The molecule has 1 rings (SSSR count). The highest BCUT2D eigenvalue weighted by molar-refractivity contribution is 5.79. The van der Waals surface area contributed by atoms with E-state index in [1.165, 1.54) is 32.2 Å². The average Bonchev–Trinajstić information content (AvgIpc) is 3.23. The van der Waals surface area contributed by atoms with E-state index in [2.05, 4.69) is 41.3 Å². The van der Waals surface area contributed by atoms with Crippen LogP contribution in [0.15, 0.2) is 4.99 Å². The second kappa shape index (κ2) is 9.18. The number of aliphatic imine (C=N–C) groups is 1. The van der Waals surface area contributed by atoms with Crippen molar-refractivity contribution >= 4 is 5.96 Å². The number of nitrogens with one attached hydrogen (secondary N) is 2. The lowest BCUT2D eigenvalue weighted by Gasteiger charge is -2.21. The molecule has 0 aromatic rings. The molecule has 1 fully saturated rings. The highest BCUT2D eigenvalue weighted by Crippen LogP contribution is 2.27. The van der Waals surface area contributed by atoms with Gasteiger partial charge in [-0.15, -0.1) is 0 Å². The van der Waals surface area contributed by atoms with Gasteiger partial charge in [0.25, 0.3) is 0 Å². The molecule has 0 aliphatic heterocycles. The third-order valence-corrected chi connectivity index (χ3v) is 3.87. The Labute approximate surface area is 119 Å². The summed E-state index contributed by atoms with van der Waals surface area (Å²) in [4.78, 5) is 6.77. The minimum absolute atomic E-state index is 0.487. The van der Waals surface area contributed by atoms with Gasteiger partial charge in [-0.05, 0) is 58.2 Å². The monoisotopic (exact) mass is 268 g/mol. The number of hydrogen-bond donors (Lipinski definition) is 2. The summed E-state index contributed by atoms with van der Waals surface area (Å²) in [7, 11) is 1.85. The smallest absolute Gasteiger partial charge is 0.191 e. The van der Waals surface area contributed by atoms with Crippen molar-refractivity contribution in [3.05, 3.63) is 0 Å². The fraction of sp³-hybridized carbons (Fsp3) is 0.933. The topological polar surface area (TPSA) is 39.7 Å². The van der Waals surface area contributed by atoms with E-state index >= 15 is 0 Å². The number of hydrogen-bond acceptors (Lipinski definition) is 2. The maximum atomic E-state index is 4.29. The molecule has 0 spiro atoms. The van der Waals surface area contributed by atoms with Gasteiger partial charge >= 0.3 is 0 Å². The molecule has 1 unspecified atom stereocenters. The van der Waals surface area contributed by atoms with Crippen LogP contribution in [0.2, 0.25) is 0 Å². The van der Waals surface area contributed by atoms with Gasteiger partial charge in [0.1, 0.15) is 0 Å². The third-order valence-electron chi connectivity index (χ3n) is 3.87. The molecule has 1 aliphatic carbocycles. The normalized spacial score (nSPS) is 17.6. The zero-order chi connectivity index (χ0) is 14.1. The molecular weight excluding hydrogens is 236 g/mol. The predicted molar refractivity (Wildman–Crippen MR) is 83.7 cm³/mol. The van der Waals surface area contributed by atoms with Crippen molar-refractivity contribution in [1.82, 2.24) is 15.5 Å². The second-order valence-electron chi connectivity index (χ2n) is 5.61. The Balaban J connectivity index is 2.11. The maximum absolute atomic E-state index is 4.29. The van der Waals surface area contributed by atoms with Crippen LogP contribution in [0.25, 0.3) is 0 Å². The van der Waals surface area contributed by atoms with E-state index < -0.39 is 0 Å². The number of nitrogens with zero attached hydrogens (tertiary/aromatic N) is 2. The van der Waals surface area contributed by atoms with E-state index in [4.69, 9.17) is 0 Å². The molecule has 0 heterocycles. The van der Waals surface area contributed by atoms with Gasteiger partial charge in [0, 0.05) is 19.6 Å². The van der Waals surface area contributed by atoms with Crippen molar-refractivity contribution in [3.63, 3.8) is 0 Å². The number of guanidine groups is 1. The van der Waals surface area contributed by atoms with E-state index in [1.807, 2.05) is 7.05 Å². The van der Waals surface area contributed by atoms with E-state index in [0.29, 0.717) is 6.04 Å². The molecule has 0 radical (unpaired) electrons. The van der Waals surface area contributed by atoms with E-state index in [0.717, 1.165) is 31.5 Å². The molecule has 2 N–H and O–H groups in total. The maximum Gasteiger partial charge on any atom is 0.191 e. The van der Waals surface area contributed by atoms with Crippen molar-refractivity contribution in [1.29, 1.82) is 0 Å². The molecule has 19 heavy (non-hydrogen) atoms. The van der Waals surface area contributed by atoms with Gasteiger partial charge in [-0.1, -0.05) is 13.8 Å². The van der Waals surface area contributed by atoms with Crippen molar-refractivity contribution < 1.29 is 0 Å². The molecule has 0 aromatic carbocycles. The summed E-state index contributed by atoms with van der Waals surface area (Å²) >= 11 is 0. The van der Waals surface area contributed by atoms with Gasteiger partial charge < -0.3 is 15.5 Å². The van der Waals surface area contributed by atoms with Gasteiger partial charge in [-0.3, -0.25) is 4.99 Å². The summed E-state index contributed by atoms with van der Waals surface area (Å²) in [5, 5.41) is 6.89. The van der Waals surface area contributed by atoms with Crippen LogP contribution in [0, 0.1) is 5.92 Å². The SMILES string of the molecule is CCN(CC)CCCC(C)NC(=NC)NCC1CC1. The Morgan fingerprint density at radius 1 is 1.32 bits per heavy atom. The van der Waals surface area contributed by atoms with Crippen molar-refractivity contribution in [3.8, 4) is 0 Å². The molecule has 0 bridgehead atoms.